The van der Waals surface area contributed by atoms with Crippen molar-refractivity contribution in [2.75, 3.05) is 5.73 Å². The Morgan fingerprint density at radius 3 is 2.35 bits per heavy atom. The van der Waals surface area contributed by atoms with Crippen LogP contribution in [0.1, 0.15) is 11.1 Å². The van der Waals surface area contributed by atoms with Crippen molar-refractivity contribution in [2.45, 2.75) is 25.8 Å². The Labute approximate surface area is 99.1 Å². The van der Waals surface area contributed by atoms with Gasteiger partial charge in [-0.15, -0.1) is 5.54 Å². The average Bonchev–Trinajstić information content (AvgIpc) is 2.13. The molecule has 0 bridgehead atoms. The number of nitrogen functional groups attached to an aromatic ring is 1. The summed E-state index contributed by atoms with van der Waals surface area (Å²) in [6.07, 6.45) is -3.23. The second-order valence-corrected chi connectivity index (χ2v) is 9.40. The van der Waals surface area contributed by atoms with Crippen molar-refractivity contribution in [2.24, 2.45) is 0 Å². The van der Waals surface area contributed by atoms with Crippen molar-refractivity contribution in [3.05, 3.63) is 23.4 Å². The minimum absolute atomic E-state index is 0.244. The average molecular weight is 258 g/mol. The van der Waals surface area contributed by atoms with Crippen molar-refractivity contribution in [3.63, 3.8) is 0 Å². The molecule has 0 aromatic carbocycles. The summed E-state index contributed by atoms with van der Waals surface area (Å²) < 4.78 is 37.6. The Balaban J connectivity index is 3.17. The summed E-state index contributed by atoms with van der Waals surface area (Å²) in [6, 6.07) is 0.940. The Kier molecular flexibility index (Phi) is 3.53. The molecule has 0 saturated carbocycles. The fraction of sp³-hybridized carbons (Fsp3) is 0.364. The third-order valence-corrected chi connectivity index (χ3v) is 2.68. The fourth-order valence-electron chi connectivity index (χ4n) is 1.03. The van der Waals surface area contributed by atoms with Gasteiger partial charge in [0.15, 0.2) is 0 Å². The van der Waals surface area contributed by atoms with Gasteiger partial charge in [-0.1, -0.05) is 25.6 Å². The molecule has 0 saturated heterocycles. The summed E-state index contributed by atoms with van der Waals surface area (Å²) in [7, 11) is -1.62. The lowest BCUT2D eigenvalue weighted by molar-refractivity contribution is -0.137. The summed E-state index contributed by atoms with van der Waals surface area (Å²) in [5.74, 6) is 2.20. The maximum absolute atomic E-state index is 12.5. The molecule has 0 radical (unpaired) electrons. The van der Waals surface area contributed by atoms with E-state index in [1.54, 1.807) is 0 Å². The second kappa shape index (κ2) is 4.41. The van der Waals surface area contributed by atoms with E-state index in [1.165, 1.54) is 6.20 Å². The predicted molar refractivity (Wildman–Crippen MR) is 63.9 cm³/mol. The zero-order valence-corrected chi connectivity index (χ0v) is 10.8. The van der Waals surface area contributed by atoms with Crippen LogP contribution in [0.25, 0.3) is 0 Å². The summed E-state index contributed by atoms with van der Waals surface area (Å²) in [4.78, 5) is 3.52. The van der Waals surface area contributed by atoms with Gasteiger partial charge >= 0.3 is 6.18 Å². The van der Waals surface area contributed by atoms with Crippen molar-refractivity contribution < 1.29 is 13.2 Å². The van der Waals surface area contributed by atoms with Crippen LogP contribution in [0, 0.1) is 11.5 Å². The van der Waals surface area contributed by atoms with Gasteiger partial charge in [-0.05, 0) is 6.07 Å². The minimum atomic E-state index is -4.49. The molecule has 0 aliphatic heterocycles. The number of alkyl halides is 3. The lowest BCUT2D eigenvalue weighted by Gasteiger charge is -2.09. The molecule has 2 nitrogen and oxygen atoms in total. The van der Waals surface area contributed by atoms with Crippen molar-refractivity contribution in [1.82, 2.24) is 4.98 Å². The van der Waals surface area contributed by atoms with Gasteiger partial charge in [0.2, 0.25) is 0 Å². The van der Waals surface area contributed by atoms with Crippen LogP contribution in [0.3, 0.4) is 0 Å². The van der Waals surface area contributed by atoms with E-state index in [2.05, 4.69) is 16.4 Å². The maximum atomic E-state index is 12.5. The smallest absolute Gasteiger partial charge is 0.383 e. The molecule has 1 aromatic rings. The van der Waals surface area contributed by atoms with Crippen molar-refractivity contribution in [3.8, 4) is 11.5 Å². The fourth-order valence-corrected chi connectivity index (χ4v) is 1.55. The Morgan fingerprint density at radius 1 is 1.29 bits per heavy atom. The molecule has 0 aliphatic carbocycles. The Hall–Kier alpha value is -1.48. The van der Waals surface area contributed by atoms with Crippen LogP contribution in [-0.4, -0.2) is 13.1 Å². The lowest BCUT2D eigenvalue weighted by Crippen LogP contribution is -2.16. The first-order valence-electron chi connectivity index (χ1n) is 4.95. The van der Waals surface area contributed by atoms with Crippen molar-refractivity contribution in [1.29, 1.82) is 0 Å². The quantitative estimate of drug-likeness (QED) is 0.574. The Morgan fingerprint density at radius 2 is 1.88 bits per heavy atom. The Bertz CT molecular complexity index is 478. The van der Waals surface area contributed by atoms with Gasteiger partial charge in [-0.25, -0.2) is 4.98 Å². The third-order valence-electron chi connectivity index (χ3n) is 1.81. The number of nitrogens with zero attached hydrogens (tertiary/aromatic N) is 1. The number of aromatic nitrogens is 1. The highest BCUT2D eigenvalue weighted by Gasteiger charge is 2.33. The van der Waals surface area contributed by atoms with Crippen LogP contribution >= 0.6 is 0 Å². The van der Waals surface area contributed by atoms with E-state index in [1.807, 2.05) is 19.6 Å². The summed E-state index contributed by atoms with van der Waals surface area (Å²) in [5, 5.41) is 0. The molecule has 92 valence electrons. The molecule has 1 rings (SSSR count). The van der Waals surface area contributed by atoms with Crippen LogP contribution in [0.2, 0.25) is 19.6 Å². The number of nitrogens with two attached hydrogens (primary N) is 1. The van der Waals surface area contributed by atoms with E-state index in [9.17, 15) is 13.2 Å². The monoisotopic (exact) mass is 258 g/mol. The normalized spacial score (nSPS) is 11.9. The second-order valence-electron chi connectivity index (χ2n) is 4.65. The molecular formula is C11H13F3N2Si. The van der Waals surface area contributed by atoms with Gasteiger partial charge in [-0.3, -0.25) is 0 Å². The summed E-state index contributed by atoms with van der Waals surface area (Å²) in [6.45, 7) is 6.03. The first-order valence-corrected chi connectivity index (χ1v) is 8.45. The van der Waals surface area contributed by atoms with Crippen LogP contribution < -0.4 is 5.73 Å². The summed E-state index contributed by atoms with van der Waals surface area (Å²) >= 11 is 0. The molecule has 0 amide bonds. The standard InChI is InChI=1S/C11H13F3N2Si/c1-17(2,3)5-4-8-6-9(11(12,13)14)10(15)16-7-8/h6-7H,1-3H3,(H2,15,16). The number of rotatable bonds is 0. The molecule has 0 spiro atoms. The van der Waals surface area contributed by atoms with E-state index in [0.29, 0.717) is 0 Å². The van der Waals surface area contributed by atoms with E-state index in [4.69, 9.17) is 5.73 Å². The summed E-state index contributed by atoms with van der Waals surface area (Å²) in [5.41, 5.74) is 7.48. The van der Waals surface area contributed by atoms with Gasteiger partial charge in [0.1, 0.15) is 13.9 Å². The van der Waals surface area contributed by atoms with Crippen LogP contribution in [0.4, 0.5) is 19.0 Å². The third kappa shape index (κ3) is 4.11. The molecule has 6 heteroatoms. The number of hydrogen-bond acceptors (Lipinski definition) is 2. The molecule has 1 heterocycles. The number of hydrogen-bond donors (Lipinski definition) is 1. The van der Waals surface area contributed by atoms with Gasteiger partial charge < -0.3 is 5.73 Å². The van der Waals surface area contributed by atoms with Gasteiger partial charge in [0.05, 0.1) is 5.56 Å². The van der Waals surface area contributed by atoms with Gasteiger partial charge in [-0.2, -0.15) is 13.2 Å². The molecule has 0 unspecified atom stereocenters. The van der Waals surface area contributed by atoms with Crippen LogP contribution in [-0.2, 0) is 6.18 Å². The van der Waals surface area contributed by atoms with E-state index >= 15 is 0 Å². The molecule has 17 heavy (non-hydrogen) atoms. The molecule has 2 N–H and O–H groups in total. The molecular weight excluding hydrogens is 245 g/mol. The topological polar surface area (TPSA) is 38.9 Å². The molecule has 0 fully saturated rings. The molecule has 0 atom stereocenters. The number of pyridine rings is 1. The van der Waals surface area contributed by atoms with E-state index in [-0.39, 0.29) is 5.56 Å². The lowest BCUT2D eigenvalue weighted by atomic mass is 10.2. The van der Waals surface area contributed by atoms with Crippen LogP contribution in [0.5, 0.6) is 0 Å². The molecule has 0 aliphatic rings. The highest BCUT2D eigenvalue weighted by molar-refractivity contribution is 6.83. The first kappa shape index (κ1) is 13.6. The van der Waals surface area contributed by atoms with Crippen LogP contribution in [0.15, 0.2) is 12.3 Å². The van der Waals surface area contributed by atoms with Gasteiger partial charge in [0, 0.05) is 11.8 Å². The van der Waals surface area contributed by atoms with E-state index < -0.39 is 25.6 Å². The minimum Gasteiger partial charge on any atom is -0.383 e. The zero-order chi connectivity index (χ0) is 13.3. The van der Waals surface area contributed by atoms with Gasteiger partial charge in [0.25, 0.3) is 0 Å². The predicted octanol–water partition coefficient (Wildman–Crippen LogP) is 2.91. The number of halogens is 3. The first-order chi connectivity index (χ1) is 7.59. The zero-order valence-electron chi connectivity index (χ0n) is 9.81. The SMILES string of the molecule is C[Si](C)(C)C#Cc1cnc(N)c(C(F)(F)F)c1. The highest BCUT2D eigenvalue weighted by atomic mass is 28.3. The largest absolute Gasteiger partial charge is 0.419 e. The maximum Gasteiger partial charge on any atom is 0.419 e. The molecule has 1 aromatic heterocycles. The number of anilines is 1. The highest BCUT2D eigenvalue weighted by Crippen LogP contribution is 2.32. The van der Waals surface area contributed by atoms with E-state index in [0.717, 1.165) is 6.07 Å². The van der Waals surface area contributed by atoms with Crippen molar-refractivity contribution >= 4 is 13.9 Å².